The van der Waals surface area contributed by atoms with E-state index in [2.05, 4.69) is 15.7 Å². The first kappa shape index (κ1) is 19.7. The van der Waals surface area contributed by atoms with Crippen molar-refractivity contribution in [3.05, 3.63) is 75.0 Å². The number of nitrogens with zero attached hydrogens (tertiary/aromatic N) is 2. The molecule has 0 bridgehead atoms. The Kier molecular flexibility index (Phi) is 6.05. The monoisotopic (exact) mass is 418 g/mol. The normalized spacial score (nSPS) is 10.7. The Morgan fingerprint density at radius 3 is 2.41 bits per heavy atom. The van der Waals surface area contributed by atoms with Crippen molar-refractivity contribution in [3.63, 3.8) is 0 Å². The van der Waals surface area contributed by atoms with Crippen LogP contribution in [0.3, 0.4) is 0 Å². The van der Waals surface area contributed by atoms with Gasteiger partial charge in [-0.1, -0.05) is 41.4 Å². The minimum Gasteiger partial charge on any atom is -0.332 e. The molecule has 0 unspecified atom stereocenters. The average Bonchev–Trinajstić information content (AvgIpc) is 2.87. The second-order valence-electron chi connectivity index (χ2n) is 6.37. The van der Waals surface area contributed by atoms with Crippen LogP contribution in [0.25, 0.3) is 0 Å². The summed E-state index contributed by atoms with van der Waals surface area (Å²) in [5.41, 5.74) is 5.79. The van der Waals surface area contributed by atoms with Crippen molar-refractivity contribution in [1.82, 2.24) is 9.78 Å². The molecular weight excluding hydrogens is 399 g/mol. The molecule has 27 heavy (non-hydrogen) atoms. The van der Waals surface area contributed by atoms with E-state index in [4.69, 9.17) is 35.4 Å². The van der Waals surface area contributed by atoms with Crippen molar-refractivity contribution in [2.75, 3.05) is 10.6 Å². The second-order valence-corrected chi connectivity index (χ2v) is 7.62. The van der Waals surface area contributed by atoms with Crippen LogP contribution in [-0.4, -0.2) is 14.9 Å². The molecule has 3 aromatic rings. The number of nitrogens with one attached hydrogen (secondary N) is 2. The highest BCUT2D eigenvalue weighted by atomic mass is 35.5. The molecule has 2 aromatic carbocycles. The van der Waals surface area contributed by atoms with Gasteiger partial charge in [0.25, 0.3) is 0 Å². The summed E-state index contributed by atoms with van der Waals surface area (Å²) in [6, 6.07) is 13.5. The topological polar surface area (TPSA) is 41.9 Å². The number of hydrogen-bond donors (Lipinski definition) is 2. The second kappa shape index (κ2) is 8.30. The van der Waals surface area contributed by atoms with Gasteiger partial charge in [-0.2, -0.15) is 5.10 Å². The standard InChI is InChI=1S/C20H20Cl2N4S/c1-12-4-9-17(10-18(12)22)23-20(27)24-19-13(2)25-26(14(19)3)11-15-5-7-16(21)8-6-15/h4-10H,11H2,1-3H3,(H2,23,24,27). The zero-order valence-electron chi connectivity index (χ0n) is 15.3. The van der Waals surface area contributed by atoms with Gasteiger partial charge in [0, 0.05) is 15.7 Å². The largest absolute Gasteiger partial charge is 0.332 e. The van der Waals surface area contributed by atoms with E-state index in [9.17, 15) is 0 Å². The van der Waals surface area contributed by atoms with Gasteiger partial charge in [0.15, 0.2) is 5.11 Å². The lowest BCUT2D eigenvalue weighted by Crippen LogP contribution is -2.20. The summed E-state index contributed by atoms with van der Waals surface area (Å²) in [4.78, 5) is 0. The molecule has 0 atom stereocenters. The van der Waals surface area contributed by atoms with E-state index in [1.54, 1.807) is 0 Å². The summed E-state index contributed by atoms with van der Waals surface area (Å²) in [6.07, 6.45) is 0. The van der Waals surface area contributed by atoms with Gasteiger partial charge in [-0.25, -0.2) is 0 Å². The lowest BCUT2D eigenvalue weighted by Gasteiger charge is -2.12. The van der Waals surface area contributed by atoms with Crippen LogP contribution in [-0.2, 0) is 6.54 Å². The Bertz CT molecular complexity index is 980. The summed E-state index contributed by atoms with van der Waals surface area (Å²) in [5, 5.41) is 13.0. The molecule has 0 aliphatic rings. The van der Waals surface area contributed by atoms with Crippen LogP contribution in [0.5, 0.6) is 0 Å². The molecule has 3 rings (SSSR count). The minimum absolute atomic E-state index is 0.493. The van der Waals surface area contributed by atoms with Crippen LogP contribution in [0.1, 0.15) is 22.5 Å². The van der Waals surface area contributed by atoms with Crippen LogP contribution in [0.4, 0.5) is 11.4 Å². The molecule has 1 heterocycles. The van der Waals surface area contributed by atoms with Crippen LogP contribution >= 0.6 is 35.4 Å². The van der Waals surface area contributed by atoms with Gasteiger partial charge >= 0.3 is 0 Å². The van der Waals surface area contributed by atoms with Crippen LogP contribution < -0.4 is 10.6 Å². The molecule has 0 aliphatic carbocycles. The van der Waals surface area contributed by atoms with Gasteiger partial charge in [-0.15, -0.1) is 0 Å². The van der Waals surface area contributed by atoms with Crippen molar-refractivity contribution in [3.8, 4) is 0 Å². The zero-order valence-corrected chi connectivity index (χ0v) is 17.6. The Morgan fingerprint density at radius 1 is 1.04 bits per heavy atom. The molecule has 2 N–H and O–H groups in total. The zero-order chi connectivity index (χ0) is 19.6. The molecule has 1 aromatic heterocycles. The number of aromatic nitrogens is 2. The number of halogens is 2. The summed E-state index contributed by atoms with van der Waals surface area (Å²) in [7, 11) is 0. The Hall–Kier alpha value is -2.08. The third-order valence-electron chi connectivity index (χ3n) is 4.30. The molecule has 4 nitrogen and oxygen atoms in total. The maximum absolute atomic E-state index is 6.17. The highest BCUT2D eigenvalue weighted by Gasteiger charge is 2.13. The minimum atomic E-state index is 0.493. The Morgan fingerprint density at radius 2 is 1.74 bits per heavy atom. The fourth-order valence-electron chi connectivity index (χ4n) is 2.74. The molecule has 0 aliphatic heterocycles. The van der Waals surface area contributed by atoms with Crippen LogP contribution in [0.2, 0.25) is 10.0 Å². The first-order valence-corrected chi connectivity index (χ1v) is 9.62. The summed E-state index contributed by atoms with van der Waals surface area (Å²) in [6.45, 7) is 6.60. The molecule has 0 spiro atoms. The molecule has 0 saturated heterocycles. The van der Waals surface area contributed by atoms with Gasteiger partial charge in [0.2, 0.25) is 0 Å². The van der Waals surface area contributed by atoms with E-state index >= 15 is 0 Å². The maximum atomic E-state index is 6.17. The summed E-state index contributed by atoms with van der Waals surface area (Å²) >= 11 is 17.6. The SMILES string of the molecule is Cc1ccc(NC(=S)Nc2c(C)nn(Cc3ccc(Cl)cc3)c2C)cc1Cl. The van der Waals surface area contributed by atoms with Gasteiger partial charge < -0.3 is 10.6 Å². The van der Waals surface area contributed by atoms with Crippen molar-refractivity contribution in [2.24, 2.45) is 0 Å². The van der Waals surface area contributed by atoms with Gasteiger partial charge in [-0.3, -0.25) is 4.68 Å². The van der Waals surface area contributed by atoms with Crippen LogP contribution in [0.15, 0.2) is 42.5 Å². The smallest absolute Gasteiger partial charge is 0.175 e. The van der Waals surface area contributed by atoms with E-state index in [1.807, 2.05) is 67.9 Å². The van der Waals surface area contributed by atoms with E-state index in [1.165, 1.54) is 0 Å². The van der Waals surface area contributed by atoms with E-state index < -0.39 is 0 Å². The third kappa shape index (κ3) is 4.80. The fourth-order valence-corrected chi connectivity index (χ4v) is 3.27. The highest BCUT2D eigenvalue weighted by Crippen LogP contribution is 2.23. The molecule has 0 fully saturated rings. The average molecular weight is 419 g/mol. The van der Waals surface area contributed by atoms with E-state index in [0.29, 0.717) is 16.7 Å². The summed E-state index contributed by atoms with van der Waals surface area (Å²) < 4.78 is 1.95. The van der Waals surface area contributed by atoms with Crippen molar-refractivity contribution >= 4 is 51.9 Å². The highest BCUT2D eigenvalue weighted by molar-refractivity contribution is 7.80. The van der Waals surface area contributed by atoms with Gasteiger partial charge in [-0.05, 0) is 68.4 Å². The Labute approximate surface area is 174 Å². The number of rotatable bonds is 4. The predicted molar refractivity (Wildman–Crippen MR) is 118 cm³/mol. The number of aryl methyl sites for hydroxylation is 2. The first-order valence-electron chi connectivity index (χ1n) is 8.46. The molecular formula is C20H20Cl2N4S. The maximum Gasteiger partial charge on any atom is 0.175 e. The van der Waals surface area contributed by atoms with Crippen molar-refractivity contribution in [2.45, 2.75) is 27.3 Å². The number of hydrogen-bond acceptors (Lipinski definition) is 2. The first-order chi connectivity index (χ1) is 12.8. The number of benzene rings is 2. The Balaban J connectivity index is 1.72. The quantitative estimate of drug-likeness (QED) is 0.511. The lowest BCUT2D eigenvalue weighted by molar-refractivity contribution is 0.659. The van der Waals surface area contributed by atoms with Crippen LogP contribution in [0, 0.1) is 20.8 Å². The number of thiocarbonyl (C=S) groups is 1. The third-order valence-corrected chi connectivity index (χ3v) is 5.16. The molecule has 7 heteroatoms. The van der Waals surface area contributed by atoms with Gasteiger partial charge in [0.1, 0.15) is 0 Å². The van der Waals surface area contributed by atoms with Crippen molar-refractivity contribution in [1.29, 1.82) is 0 Å². The van der Waals surface area contributed by atoms with Crippen molar-refractivity contribution < 1.29 is 0 Å². The molecule has 0 saturated carbocycles. The molecule has 140 valence electrons. The molecule has 0 radical (unpaired) electrons. The fraction of sp³-hybridized carbons (Fsp3) is 0.200. The molecule has 0 amide bonds. The van der Waals surface area contributed by atoms with Gasteiger partial charge in [0.05, 0.1) is 23.6 Å². The summed E-state index contributed by atoms with van der Waals surface area (Å²) in [5.74, 6) is 0. The predicted octanol–water partition coefficient (Wildman–Crippen LogP) is 5.97. The van der Waals surface area contributed by atoms with E-state index in [0.717, 1.165) is 38.9 Å². The number of anilines is 2. The lowest BCUT2D eigenvalue weighted by atomic mass is 10.2. The van der Waals surface area contributed by atoms with E-state index in [-0.39, 0.29) is 0 Å².